The number of aromatic nitrogens is 6. The van der Waals surface area contributed by atoms with E-state index >= 15 is 0 Å². The third-order valence-electron chi connectivity index (χ3n) is 23.3. The Balaban J connectivity index is 0.000000203. The van der Waals surface area contributed by atoms with Gasteiger partial charge in [-0.25, -0.2) is 42.5 Å². The maximum Gasteiger partial charge on any atom is 0.348 e. The summed E-state index contributed by atoms with van der Waals surface area (Å²) >= 11 is 0. The average molecular weight is 1850 g/mol. The largest absolute Gasteiger partial charge is 0.505 e. The molecule has 3 saturated heterocycles. The highest BCUT2D eigenvalue weighted by Crippen LogP contribution is 2.38. The van der Waals surface area contributed by atoms with Gasteiger partial charge in [0.05, 0.1) is 54.2 Å². The molecule has 36 nitrogen and oxygen atoms in total. The smallest absolute Gasteiger partial charge is 0.348 e. The maximum atomic E-state index is 14.6. The van der Waals surface area contributed by atoms with E-state index in [-0.39, 0.29) is 11.8 Å². The van der Waals surface area contributed by atoms with Gasteiger partial charge in [0.15, 0.2) is 34.5 Å². The molecule has 130 heavy (non-hydrogen) atoms. The fourth-order valence-corrected chi connectivity index (χ4v) is 14.9. The van der Waals surface area contributed by atoms with Crippen molar-refractivity contribution in [3.63, 3.8) is 0 Å². The van der Waals surface area contributed by atoms with Crippen molar-refractivity contribution in [3.8, 4) is 17.2 Å². The van der Waals surface area contributed by atoms with E-state index in [4.69, 9.17) is 18.9 Å². The third kappa shape index (κ3) is 22.4. The molecule has 6 aromatic rings. The number of nitrogens with zero attached hydrogens (tertiary/aromatic N) is 7. The molecule has 0 radical (unpaired) electrons. The number of carbonyl (C=O) groups excluding carboxylic acids is 12. The zero-order valence-corrected chi connectivity index (χ0v) is 69.7. The molecule has 0 bridgehead atoms. The minimum atomic E-state index is -2.11. The summed E-state index contributed by atoms with van der Waals surface area (Å²) in [6, 6.07) is -5.32. The summed E-state index contributed by atoms with van der Waals surface area (Å²) in [6.45, 7) is 7.36. The van der Waals surface area contributed by atoms with E-state index < -0.39 is 327 Å². The Bertz CT molecular complexity index is 5110. The SMILES string of the molecule is C[C@H]1OC(=O)C(C2CCC2)N(C)C(=O)[C@H](C)[C@H](O)[C@H](Cc2c(F)nc(F)c(F)c2F)NC(=O)[C@H]1NC(=O)c1ncccc1O.C[C@H]1OC(=O)C(C2CCC2)NC(=O)[C@H](C)[C@H](O)[C@H](Cc2c(F)nc(F)c(F)c2F)NC(=O)[C@H]1NC(=O)c1ncccc1O.C[C@H]1OC(=O)C(C2CCC2)OC(=O)[C@H](C)[C@H](O)[C@H](Cc2c(F)nc(F)c(F)c2F)NC(=O)[C@H]1NC(=O)c1ncccc1O. The van der Waals surface area contributed by atoms with Gasteiger partial charge in [0.2, 0.25) is 70.9 Å². The molecule has 9 heterocycles. The Morgan fingerprint density at radius 1 is 0.400 bits per heavy atom. The number of ether oxygens (including phenoxy) is 4. The number of aliphatic hydroxyl groups is 3. The van der Waals surface area contributed by atoms with Crippen LogP contribution in [0.25, 0.3) is 0 Å². The van der Waals surface area contributed by atoms with Gasteiger partial charge in [-0.1, -0.05) is 33.1 Å². The van der Waals surface area contributed by atoms with Gasteiger partial charge in [-0.3, -0.25) is 43.2 Å². The molecule has 12 rings (SSSR count). The average Bonchev–Trinajstić information content (AvgIpc) is 0.787. The Hall–Kier alpha value is -13.0. The molecule has 18 atom stereocenters. The van der Waals surface area contributed by atoms with Crippen molar-refractivity contribution in [1.82, 2.24) is 72.0 Å². The van der Waals surface area contributed by atoms with Crippen molar-refractivity contribution in [3.05, 3.63) is 159 Å². The van der Waals surface area contributed by atoms with Crippen LogP contribution >= 0.6 is 0 Å². The summed E-state index contributed by atoms with van der Waals surface area (Å²) in [7, 11) is 1.32. The van der Waals surface area contributed by atoms with Crippen molar-refractivity contribution in [2.75, 3.05) is 7.05 Å². The van der Waals surface area contributed by atoms with Gasteiger partial charge in [-0.15, -0.1) is 0 Å². The first-order valence-electron chi connectivity index (χ1n) is 40.6. The van der Waals surface area contributed by atoms with E-state index in [1.54, 1.807) is 0 Å². The van der Waals surface area contributed by atoms with Crippen LogP contribution in [0.4, 0.5) is 52.7 Å². The minimum absolute atomic E-state index is 0.310. The van der Waals surface area contributed by atoms with Crippen molar-refractivity contribution in [2.24, 2.45) is 35.5 Å². The van der Waals surface area contributed by atoms with E-state index in [0.29, 0.717) is 38.5 Å². The number of aliphatic hydroxyl groups excluding tert-OH is 3. The van der Waals surface area contributed by atoms with Crippen LogP contribution in [0.1, 0.15) is 147 Å². The Morgan fingerprint density at radius 2 is 0.723 bits per heavy atom. The molecule has 0 spiro atoms. The lowest BCUT2D eigenvalue weighted by Gasteiger charge is -2.41. The summed E-state index contributed by atoms with van der Waals surface area (Å²) in [5.74, 6) is -42.9. The third-order valence-corrected chi connectivity index (χ3v) is 23.3. The van der Waals surface area contributed by atoms with E-state index in [2.05, 4.69) is 67.1 Å². The van der Waals surface area contributed by atoms with Crippen LogP contribution in [0.2, 0.25) is 0 Å². The second-order valence-corrected chi connectivity index (χ2v) is 31.9. The molecule has 0 aromatic carbocycles. The van der Waals surface area contributed by atoms with Crippen LogP contribution < -0.4 is 37.2 Å². The quantitative estimate of drug-likeness (QED) is 0.0304. The Labute approximate surface area is 729 Å². The van der Waals surface area contributed by atoms with Crippen LogP contribution in [0.15, 0.2) is 55.0 Å². The molecule has 6 aliphatic rings. The highest BCUT2D eigenvalue weighted by molar-refractivity contribution is 6.01. The van der Waals surface area contributed by atoms with Gasteiger partial charge in [-0.2, -0.15) is 54.5 Å². The number of pyridine rings is 6. The van der Waals surface area contributed by atoms with Crippen molar-refractivity contribution in [1.29, 1.82) is 0 Å². The normalized spacial score (nSPS) is 27.1. The molecule has 3 aliphatic carbocycles. The number of amides is 8. The lowest BCUT2D eigenvalue weighted by atomic mass is 9.78. The first-order chi connectivity index (χ1) is 61.3. The first kappa shape index (κ1) is 99.1. The zero-order chi connectivity index (χ0) is 95.6. The lowest BCUT2D eigenvalue weighted by Crippen LogP contribution is -2.61. The van der Waals surface area contributed by atoms with Crippen LogP contribution in [0.5, 0.6) is 17.2 Å². The number of halogens is 12. The van der Waals surface area contributed by atoms with Crippen molar-refractivity contribution >= 4 is 71.1 Å². The molecule has 3 unspecified atom stereocenters. The number of carbonyl (C=O) groups is 12. The molecule has 3 aliphatic heterocycles. The highest BCUT2D eigenvalue weighted by Gasteiger charge is 2.50. The number of nitrogens with one attached hydrogen (secondary N) is 7. The lowest BCUT2D eigenvalue weighted by molar-refractivity contribution is -0.183. The molecule has 13 N–H and O–H groups in total. The number of likely N-dealkylation sites (N-methyl/N-ethyl adjacent to an activating group) is 1. The summed E-state index contributed by atoms with van der Waals surface area (Å²) < 4.78 is 191. The topological polar surface area (TPSA) is 528 Å². The maximum absolute atomic E-state index is 14.6. The Morgan fingerprint density at radius 3 is 1.05 bits per heavy atom. The van der Waals surface area contributed by atoms with Gasteiger partial charge in [0.25, 0.3) is 35.6 Å². The molecule has 6 fully saturated rings. The van der Waals surface area contributed by atoms with Crippen molar-refractivity contribution < 1.29 is 160 Å². The first-order valence-corrected chi connectivity index (χ1v) is 40.6. The molecule has 702 valence electrons. The molecular weight excluding hydrogens is 1760 g/mol. The Kier molecular flexibility index (Phi) is 32.4. The monoisotopic (exact) mass is 1850 g/mol. The summed E-state index contributed by atoms with van der Waals surface area (Å²) in [5.41, 5.74) is -4.87. The fraction of sp³-hybridized carbons (Fsp3) is 0.488. The second-order valence-electron chi connectivity index (χ2n) is 31.9. The van der Waals surface area contributed by atoms with Crippen LogP contribution in [-0.2, 0) is 81.4 Å². The molecule has 8 amide bonds. The van der Waals surface area contributed by atoms with Crippen LogP contribution in [0, 0.1) is 106 Å². The van der Waals surface area contributed by atoms with Gasteiger partial charge in [0, 0.05) is 67.5 Å². The number of hydrogen-bond donors (Lipinski definition) is 13. The zero-order valence-electron chi connectivity index (χ0n) is 69.7. The fourth-order valence-electron chi connectivity index (χ4n) is 14.9. The number of cyclic esters (lactones) is 4. The van der Waals surface area contributed by atoms with Gasteiger partial charge in [-0.05, 0) is 114 Å². The minimum Gasteiger partial charge on any atom is -0.505 e. The van der Waals surface area contributed by atoms with E-state index in [1.807, 2.05) is 0 Å². The number of aromatic hydroxyl groups is 3. The predicted octanol–water partition coefficient (Wildman–Crippen LogP) is 3.14. The number of esters is 4. The predicted molar refractivity (Wildman–Crippen MR) is 413 cm³/mol. The van der Waals surface area contributed by atoms with Crippen LogP contribution in [0.3, 0.4) is 0 Å². The van der Waals surface area contributed by atoms with Gasteiger partial charge < -0.3 is 91.7 Å². The molecule has 3 saturated carbocycles. The molecule has 48 heteroatoms. The van der Waals surface area contributed by atoms with Crippen LogP contribution in [-0.4, -0.2) is 235 Å². The van der Waals surface area contributed by atoms with Gasteiger partial charge in [0.1, 0.15) is 65.8 Å². The summed E-state index contributed by atoms with van der Waals surface area (Å²) in [4.78, 5) is 179. The number of rotatable bonds is 15. The van der Waals surface area contributed by atoms with E-state index in [1.165, 1.54) is 78.5 Å². The summed E-state index contributed by atoms with van der Waals surface area (Å²) in [6.07, 6.45) is -5.44. The van der Waals surface area contributed by atoms with E-state index in [0.717, 1.165) is 49.3 Å². The van der Waals surface area contributed by atoms with E-state index in [9.17, 15) is 141 Å². The molecule has 6 aromatic heterocycles. The van der Waals surface area contributed by atoms with Gasteiger partial charge >= 0.3 is 23.9 Å². The summed E-state index contributed by atoms with van der Waals surface area (Å²) in [5, 5.41) is 79.8. The standard InChI is InChI=1S/C28H31F4N5O7.C27H29F4N5O7.C27H28F4N4O8/c1-11-22(39)15(10-14-17(29)18(30)24(32)36-23(14)31)34-25(40)19(35-26(41)20-16(38)8-5-9-33-20)12(2)44-28(43)21(13-6-4-7-13)37(3)27(11)42;1-10-21(38)14(9-13-16(28)17(29)23(31)36-22(13)30)33-25(40)18(34-26(41)20-15(37)7-4-8-32-20)11(2)43-27(42)19(35-24(10)39)12-5-3-6-12;1-10-20(37)14(9-13-16(28)17(29)23(31)35-22(13)30)33-24(38)18(34-25(39)19-15(36)7-4-8-32-19)11(2)42-27(41)21(43-26(10)40)12-5-3-6-12/h5,8-9,11-13,15,19,21-22,38-39H,4,6-7,10H2,1-3H3,(H,34,40)(H,35,41);4,7-8,10-12,14,18-19,21,37-38H,3,5-6,9H2,1-2H3,(H,33,40)(H,34,41)(H,35,39);4,7-8,10-12,14,18,20-21,36-37H,3,5-6,9H2,1-2H3,(H,33,38)(H,34,39)/t11-,12-,15+,19+,21?,22+;10-,11-,14+,18+,19?,21+;10-,11-,14+,18+,20+,21?/m111/s1. The number of hydrogen-bond acceptors (Lipinski definition) is 28. The molecular formula is C82H88F12N14O22. The highest BCUT2D eigenvalue weighted by atomic mass is 19.2. The second kappa shape index (κ2) is 42.5. The van der Waals surface area contributed by atoms with Crippen molar-refractivity contribution in [2.45, 2.75) is 210 Å².